The lowest BCUT2D eigenvalue weighted by atomic mass is 9.98. The van der Waals surface area contributed by atoms with Crippen LogP contribution in [0.1, 0.15) is 41.2 Å². The fourth-order valence-electron chi connectivity index (χ4n) is 5.71. The number of aliphatic hydroxyl groups is 1. The average Bonchev–Trinajstić information content (AvgIpc) is 3.37. The summed E-state index contributed by atoms with van der Waals surface area (Å²) in [6, 6.07) is 23.0. The lowest BCUT2D eigenvalue weighted by molar-refractivity contribution is 0.0344. The first kappa shape index (κ1) is 32.2. The van der Waals surface area contributed by atoms with E-state index in [0.717, 1.165) is 16.7 Å². The second-order valence-electron chi connectivity index (χ2n) is 11.8. The molecule has 5 rings (SSSR count). The predicted octanol–water partition coefficient (Wildman–Crippen LogP) is 5.11. The minimum atomic E-state index is -4.12. The number of carbonyl (C=O) groups excluding carboxylic acids is 1. The van der Waals surface area contributed by atoms with Gasteiger partial charge in [-0.2, -0.15) is 0 Å². The third kappa shape index (κ3) is 7.06. The molecular weight excluding hydrogens is 592 g/mol. The van der Waals surface area contributed by atoms with Gasteiger partial charge in [-0.1, -0.05) is 72.7 Å². The lowest BCUT2D eigenvalue weighted by Gasteiger charge is -2.38. The number of aliphatic hydroxyl groups excluding tert-OH is 1. The summed E-state index contributed by atoms with van der Waals surface area (Å²) in [6.07, 6.45) is -0.413. The minimum absolute atomic E-state index is 0.0595. The Labute approximate surface area is 264 Å². The van der Waals surface area contributed by atoms with Gasteiger partial charge in [0.25, 0.3) is 15.9 Å². The van der Waals surface area contributed by atoms with Crippen LogP contribution in [0.15, 0.2) is 82.2 Å². The van der Waals surface area contributed by atoms with E-state index in [4.69, 9.17) is 9.26 Å². The minimum Gasteiger partial charge on any atom is -0.486 e. The van der Waals surface area contributed by atoms with Gasteiger partial charge >= 0.3 is 0 Å². The average molecular weight is 633 g/mol. The number of aryl methyl sites for hydroxylation is 2. The highest BCUT2D eigenvalue weighted by Crippen LogP contribution is 2.36. The van der Waals surface area contributed by atoms with Crippen molar-refractivity contribution in [3.63, 3.8) is 0 Å². The van der Waals surface area contributed by atoms with Crippen LogP contribution in [0.4, 0.5) is 5.69 Å². The number of carbonyl (C=O) groups is 1. The number of fused-ring (bicyclic) bond motifs is 1. The van der Waals surface area contributed by atoms with Gasteiger partial charge in [0, 0.05) is 25.6 Å². The van der Waals surface area contributed by atoms with Gasteiger partial charge in [0.15, 0.2) is 16.4 Å². The van der Waals surface area contributed by atoms with E-state index < -0.39 is 22.2 Å². The van der Waals surface area contributed by atoms with Crippen LogP contribution in [0, 0.1) is 19.8 Å². The molecule has 0 bridgehead atoms. The van der Waals surface area contributed by atoms with Gasteiger partial charge in [-0.25, -0.2) is 8.42 Å². The second-order valence-corrected chi connectivity index (χ2v) is 13.4. The first-order chi connectivity index (χ1) is 21.5. The number of ether oxygens (including phenoxy) is 1. The number of hydrogen-bond donors (Lipinski definition) is 2. The summed E-state index contributed by atoms with van der Waals surface area (Å²) in [7, 11) is -2.11. The number of benzene rings is 3. The summed E-state index contributed by atoms with van der Waals surface area (Å²) in [5.41, 5.74) is 4.01. The van der Waals surface area contributed by atoms with Crippen molar-refractivity contribution in [1.82, 2.24) is 15.0 Å². The quantitative estimate of drug-likeness (QED) is 0.247. The van der Waals surface area contributed by atoms with Crippen LogP contribution in [0.2, 0.25) is 0 Å². The highest BCUT2D eigenvalue weighted by molar-refractivity contribution is 7.92. The maximum Gasteiger partial charge on any atom is 0.267 e. The van der Waals surface area contributed by atoms with Crippen LogP contribution < -0.4 is 9.46 Å². The number of nitrogens with zero attached hydrogens (tertiary/aromatic N) is 3. The molecule has 4 aromatic rings. The van der Waals surface area contributed by atoms with E-state index in [1.165, 1.54) is 6.92 Å². The van der Waals surface area contributed by atoms with E-state index in [1.807, 2.05) is 32.2 Å². The van der Waals surface area contributed by atoms with Crippen molar-refractivity contribution in [3.8, 4) is 16.9 Å². The zero-order chi connectivity index (χ0) is 32.3. The highest BCUT2D eigenvalue weighted by Gasteiger charge is 2.35. The van der Waals surface area contributed by atoms with Crippen molar-refractivity contribution in [3.05, 3.63) is 95.4 Å². The van der Waals surface area contributed by atoms with Crippen molar-refractivity contribution in [2.75, 3.05) is 31.5 Å². The van der Waals surface area contributed by atoms with Crippen molar-refractivity contribution < 1.29 is 27.6 Å². The van der Waals surface area contributed by atoms with Crippen molar-refractivity contribution >= 4 is 21.6 Å². The summed E-state index contributed by atoms with van der Waals surface area (Å²) in [5.74, 6) is -0.192. The number of aromatic nitrogens is 1. The SMILES string of the molecule is Cc1noc(C)c1S(=O)(=O)Nc1cccc2c1O[C@H](CN(C)Cc1ccc(-c3ccccc3)cc1)[C@H](C)CN([C@@H](C)CO)C2=O. The second kappa shape index (κ2) is 13.4. The van der Waals surface area contributed by atoms with Crippen LogP contribution >= 0.6 is 0 Å². The molecule has 0 aliphatic carbocycles. The number of sulfonamides is 1. The van der Waals surface area contributed by atoms with Gasteiger partial charge < -0.3 is 19.3 Å². The molecule has 0 saturated carbocycles. The molecule has 0 saturated heterocycles. The van der Waals surface area contributed by atoms with Gasteiger partial charge in [0.2, 0.25) is 0 Å². The van der Waals surface area contributed by atoms with E-state index in [-0.39, 0.29) is 51.8 Å². The van der Waals surface area contributed by atoms with E-state index in [0.29, 0.717) is 19.6 Å². The van der Waals surface area contributed by atoms with E-state index in [9.17, 15) is 18.3 Å². The number of likely N-dealkylation sites (N-methyl/N-ethyl adjacent to an activating group) is 1. The van der Waals surface area contributed by atoms with Gasteiger partial charge in [0.1, 0.15) is 11.8 Å². The van der Waals surface area contributed by atoms with Gasteiger partial charge in [-0.15, -0.1) is 0 Å². The Morgan fingerprint density at radius 1 is 1.04 bits per heavy atom. The number of rotatable bonds is 10. The molecule has 1 amide bonds. The van der Waals surface area contributed by atoms with E-state index in [2.05, 4.69) is 51.2 Å². The molecule has 0 spiro atoms. The summed E-state index contributed by atoms with van der Waals surface area (Å²) < 4.78 is 41.3. The number of hydrogen-bond acceptors (Lipinski definition) is 8. The molecule has 0 unspecified atom stereocenters. The summed E-state index contributed by atoms with van der Waals surface area (Å²) in [4.78, 5) is 17.5. The predicted molar refractivity (Wildman–Crippen MR) is 173 cm³/mol. The number of amides is 1. The highest BCUT2D eigenvalue weighted by atomic mass is 32.2. The van der Waals surface area contributed by atoms with E-state index >= 15 is 0 Å². The summed E-state index contributed by atoms with van der Waals surface area (Å²) in [6.45, 7) is 8.18. The molecule has 3 atom stereocenters. The number of nitrogens with one attached hydrogen (secondary N) is 1. The Bertz CT molecular complexity index is 1720. The maximum absolute atomic E-state index is 13.8. The van der Waals surface area contributed by atoms with Crippen molar-refractivity contribution in [1.29, 1.82) is 0 Å². The Hall–Kier alpha value is -4.19. The molecule has 11 heteroatoms. The van der Waals surface area contributed by atoms with Crippen molar-refractivity contribution in [2.45, 2.75) is 51.3 Å². The fraction of sp³-hybridized carbons (Fsp3) is 0.353. The first-order valence-electron chi connectivity index (χ1n) is 15.0. The molecular formula is C34H40N4O6S. The number of anilines is 1. The smallest absolute Gasteiger partial charge is 0.267 e. The molecule has 1 aliphatic rings. The molecule has 3 aromatic carbocycles. The van der Waals surface area contributed by atoms with Crippen LogP contribution in [-0.2, 0) is 16.6 Å². The fourth-order valence-corrected chi connectivity index (χ4v) is 7.11. The summed E-state index contributed by atoms with van der Waals surface area (Å²) >= 11 is 0. The molecule has 1 aromatic heterocycles. The molecule has 238 valence electrons. The monoisotopic (exact) mass is 632 g/mol. The molecule has 45 heavy (non-hydrogen) atoms. The van der Waals surface area contributed by atoms with Crippen LogP contribution in [0.25, 0.3) is 11.1 Å². The Morgan fingerprint density at radius 2 is 1.73 bits per heavy atom. The zero-order valence-corrected chi connectivity index (χ0v) is 27.0. The molecule has 1 aliphatic heterocycles. The van der Waals surface area contributed by atoms with Gasteiger partial charge in [0.05, 0.1) is 23.9 Å². The summed E-state index contributed by atoms with van der Waals surface area (Å²) in [5, 5.41) is 13.8. The standard InChI is InChI=1S/C34H40N4O6S/c1-22-18-38(23(2)21-39)34(40)29-12-9-13-30(36-45(41,42)33-24(3)35-44-25(33)4)32(29)43-31(22)20-37(5)19-26-14-16-28(17-15-26)27-10-7-6-8-11-27/h6-17,22-23,31,36,39H,18-21H2,1-5H3/t22-,23+,31-/m1/s1. The van der Waals surface area contributed by atoms with Gasteiger partial charge in [-0.05, 0) is 56.6 Å². The molecule has 2 N–H and O–H groups in total. The van der Waals surface area contributed by atoms with Crippen LogP contribution in [-0.4, -0.2) is 73.3 Å². The Kier molecular flexibility index (Phi) is 9.62. The molecule has 0 radical (unpaired) electrons. The molecule has 10 nitrogen and oxygen atoms in total. The molecule has 0 fully saturated rings. The Balaban J connectivity index is 1.44. The Morgan fingerprint density at radius 3 is 2.38 bits per heavy atom. The normalized spacial score (nSPS) is 17.8. The third-order valence-electron chi connectivity index (χ3n) is 8.18. The zero-order valence-electron chi connectivity index (χ0n) is 26.2. The topological polar surface area (TPSA) is 125 Å². The van der Waals surface area contributed by atoms with Crippen LogP contribution in [0.3, 0.4) is 0 Å². The van der Waals surface area contributed by atoms with Gasteiger partial charge in [-0.3, -0.25) is 14.4 Å². The first-order valence-corrected chi connectivity index (χ1v) is 16.5. The number of para-hydroxylation sites is 1. The van der Waals surface area contributed by atoms with E-state index in [1.54, 1.807) is 36.9 Å². The van der Waals surface area contributed by atoms with Crippen molar-refractivity contribution in [2.24, 2.45) is 5.92 Å². The van der Waals surface area contributed by atoms with Crippen LogP contribution in [0.5, 0.6) is 5.75 Å². The largest absolute Gasteiger partial charge is 0.486 e. The lowest BCUT2D eigenvalue weighted by Crippen LogP contribution is -2.49. The molecule has 2 heterocycles. The maximum atomic E-state index is 13.8. The third-order valence-corrected chi connectivity index (χ3v) is 9.79.